The van der Waals surface area contributed by atoms with E-state index in [9.17, 15) is 4.79 Å². The maximum atomic E-state index is 15.1. The lowest BCUT2D eigenvalue weighted by Crippen LogP contribution is -2.24. The summed E-state index contributed by atoms with van der Waals surface area (Å²) in [4.78, 5) is 12.2. The summed E-state index contributed by atoms with van der Waals surface area (Å²) >= 11 is 3.79. The van der Waals surface area contributed by atoms with E-state index in [0.29, 0.717) is 35.8 Å². The van der Waals surface area contributed by atoms with Gasteiger partial charge in [0, 0.05) is 11.1 Å². The average Bonchev–Trinajstić information content (AvgIpc) is 2.70. The molecule has 0 radical (unpaired) electrons. The Bertz CT molecular complexity index is 868. The molecule has 1 unspecified atom stereocenters. The van der Waals surface area contributed by atoms with Gasteiger partial charge >= 0.3 is 5.97 Å². The van der Waals surface area contributed by atoms with Gasteiger partial charge in [-0.25, -0.2) is 4.79 Å². The number of ether oxygens (including phenoxy) is 2. The van der Waals surface area contributed by atoms with Crippen LogP contribution in [-0.2, 0) is 14.9 Å². The predicted molar refractivity (Wildman–Crippen MR) is 125 cm³/mol. The van der Waals surface area contributed by atoms with Crippen LogP contribution in [0.15, 0.2) is 22.4 Å². The van der Waals surface area contributed by atoms with Crippen LogP contribution in [0.4, 0.5) is 4.39 Å². The van der Waals surface area contributed by atoms with E-state index in [1.807, 2.05) is 19.9 Å². The lowest BCUT2D eigenvalue weighted by Gasteiger charge is -2.36. The predicted octanol–water partition coefficient (Wildman–Crippen LogP) is 7.61. The molecular weight excluding hydrogens is 447 g/mol. The van der Waals surface area contributed by atoms with Gasteiger partial charge in [-0.15, -0.1) is 0 Å². The van der Waals surface area contributed by atoms with E-state index in [1.165, 1.54) is 11.1 Å². The number of allylic oxidation sites excluding steroid dienone is 3. The standard InChI is InChI=1S/C25H34BrFO3/c1-8-15(5)17-12-13-25(6,7)20-18(17)14-19(23(21(20)26)29-10-3)16(9-2)22(27)24(28)30-11-4/h12,14-15H,8-11,13H2,1-7H3. The molecule has 3 nitrogen and oxygen atoms in total. The van der Waals surface area contributed by atoms with E-state index < -0.39 is 11.8 Å². The lowest BCUT2D eigenvalue weighted by atomic mass is 9.70. The molecule has 0 heterocycles. The maximum Gasteiger partial charge on any atom is 0.367 e. The first-order valence-electron chi connectivity index (χ1n) is 10.9. The molecule has 0 spiro atoms. The number of hydrogen-bond donors (Lipinski definition) is 0. The monoisotopic (exact) mass is 480 g/mol. The summed E-state index contributed by atoms with van der Waals surface area (Å²) < 4.78 is 26.9. The molecule has 2 rings (SSSR count). The normalized spacial score (nSPS) is 16.9. The Morgan fingerprint density at radius 3 is 2.43 bits per heavy atom. The Hall–Kier alpha value is -1.62. The summed E-state index contributed by atoms with van der Waals surface area (Å²) in [6.45, 7) is 14.8. The highest BCUT2D eigenvalue weighted by Gasteiger charge is 2.35. The summed E-state index contributed by atoms with van der Waals surface area (Å²) in [5, 5.41) is 0. The van der Waals surface area contributed by atoms with Crippen molar-refractivity contribution in [2.75, 3.05) is 13.2 Å². The Morgan fingerprint density at radius 1 is 1.23 bits per heavy atom. The number of esters is 1. The van der Waals surface area contributed by atoms with Crippen molar-refractivity contribution < 1.29 is 18.7 Å². The van der Waals surface area contributed by atoms with Crippen molar-refractivity contribution in [3.05, 3.63) is 39.1 Å². The van der Waals surface area contributed by atoms with Crippen LogP contribution in [0.5, 0.6) is 5.75 Å². The highest BCUT2D eigenvalue weighted by molar-refractivity contribution is 9.10. The highest BCUT2D eigenvalue weighted by Crippen LogP contribution is 2.51. The maximum absolute atomic E-state index is 15.1. The first-order valence-corrected chi connectivity index (χ1v) is 11.7. The van der Waals surface area contributed by atoms with Crippen molar-refractivity contribution in [3.8, 4) is 5.75 Å². The van der Waals surface area contributed by atoms with E-state index in [2.05, 4.69) is 49.7 Å². The zero-order valence-corrected chi connectivity index (χ0v) is 20.8. The highest BCUT2D eigenvalue weighted by atomic mass is 79.9. The summed E-state index contributed by atoms with van der Waals surface area (Å²) in [6.07, 6.45) is 4.60. The van der Waals surface area contributed by atoms with Crippen LogP contribution in [0.2, 0.25) is 0 Å². The quantitative estimate of drug-likeness (QED) is 0.283. The van der Waals surface area contributed by atoms with Crippen molar-refractivity contribution in [2.45, 2.75) is 73.1 Å². The molecule has 5 heteroatoms. The SMILES string of the molecule is CCOC(=O)C(F)=C(CC)c1cc2c(c(Br)c1OCC)C(C)(C)CC=C2C(C)CC. The first kappa shape index (κ1) is 24.6. The molecule has 0 aliphatic heterocycles. The van der Waals surface area contributed by atoms with Crippen molar-refractivity contribution >= 4 is 33.0 Å². The lowest BCUT2D eigenvalue weighted by molar-refractivity contribution is -0.140. The molecule has 0 N–H and O–H groups in total. The summed E-state index contributed by atoms with van der Waals surface area (Å²) in [7, 11) is 0. The second kappa shape index (κ2) is 10.1. The minimum absolute atomic E-state index is 0.0920. The minimum Gasteiger partial charge on any atom is -0.492 e. The van der Waals surface area contributed by atoms with Gasteiger partial charge in [0.15, 0.2) is 0 Å². The van der Waals surface area contributed by atoms with Crippen molar-refractivity contribution in [2.24, 2.45) is 5.92 Å². The fourth-order valence-electron chi connectivity index (χ4n) is 4.08. The van der Waals surface area contributed by atoms with E-state index in [-0.39, 0.29) is 12.0 Å². The van der Waals surface area contributed by atoms with E-state index >= 15 is 4.39 Å². The smallest absolute Gasteiger partial charge is 0.367 e. The molecule has 0 bridgehead atoms. The molecule has 1 aliphatic carbocycles. The first-order chi connectivity index (χ1) is 14.1. The van der Waals surface area contributed by atoms with Crippen LogP contribution >= 0.6 is 15.9 Å². The Morgan fingerprint density at radius 2 is 1.90 bits per heavy atom. The van der Waals surface area contributed by atoms with Gasteiger partial charge in [0.05, 0.1) is 17.7 Å². The summed E-state index contributed by atoms with van der Waals surface area (Å²) in [6, 6.07) is 2.02. The molecule has 0 saturated heterocycles. The van der Waals surface area contributed by atoms with Crippen LogP contribution in [0.25, 0.3) is 11.1 Å². The average molecular weight is 481 g/mol. The topological polar surface area (TPSA) is 35.5 Å². The number of hydrogen-bond acceptors (Lipinski definition) is 3. The zero-order valence-electron chi connectivity index (χ0n) is 19.2. The largest absolute Gasteiger partial charge is 0.492 e. The van der Waals surface area contributed by atoms with Crippen molar-refractivity contribution in [3.63, 3.8) is 0 Å². The fraction of sp³-hybridized carbons (Fsp3) is 0.560. The van der Waals surface area contributed by atoms with Gasteiger partial charge in [0.1, 0.15) is 5.75 Å². The molecule has 0 aromatic heterocycles. The molecule has 30 heavy (non-hydrogen) atoms. The molecular formula is C25H34BrFO3. The Balaban J connectivity index is 2.89. The number of benzene rings is 1. The molecule has 166 valence electrons. The molecule has 0 amide bonds. The third kappa shape index (κ3) is 4.66. The number of halogens is 2. The van der Waals surface area contributed by atoms with Gasteiger partial charge in [-0.2, -0.15) is 4.39 Å². The molecule has 1 aliphatic rings. The molecule has 1 aromatic carbocycles. The van der Waals surface area contributed by atoms with Gasteiger partial charge in [-0.05, 0) is 83.1 Å². The molecule has 0 saturated carbocycles. The van der Waals surface area contributed by atoms with E-state index in [0.717, 1.165) is 22.9 Å². The third-order valence-corrected chi connectivity index (χ3v) is 6.63. The number of carbonyl (C=O) groups excluding carboxylic acids is 1. The summed E-state index contributed by atoms with van der Waals surface area (Å²) in [5.74, 6) is -0.813. The van der Waals surface area contributed by atoms with Gasteiger partial charge in [0.25, 0.3) is 0 Å². The van der Waals surface area contributed by atoms with Crippen LogP contribution in [0, 0.1) is 5.92 Å². The van der Waals surface area contributed by atoms with Gasteiger partial charge in [-0.3, -0.25) is 0 Å². The van der Waals surface area contributed by atoms with Gasteiger partial charge < -0.3 is 9.47 Å². The minimum atomic E-state index is -0.927. The van der Waals surface area contributed by atoms with E-state index in [1.54, 1.807) is 6.92 Å². The van der Waals surface area contributed by atoms with Gasteiger partial charge in [0.2, 0.25) is 5.83 Å². The zero-order chi connectivity index (χ0) is 22.6. The molecule has 0 fully saturated rings. The summed E-state index contributed by atoms with van der Waals surface area (Å²) in [5.41, 5.74) is 4.39. The third-order valence-electron chi connectivity index (χ3n) is 5.87. The molecule has 1 aromatic rings. The van der Waals surface area contributed by atoms with Gasteiger partial charge in [-0.1, -0.05) is 40.7 Å². The van der Waals surface area contributed by atoms with Crippen LogP contribution in [0.1, 0.15) is 84.4 Å². The van der Waals surface area contributed by atoms with Crippen molar-refractivity contribution in [1.29, 1.82) is 0 Å². The van der Waals surface area contributed by atoms with Crippen LogP contribution in [0.3, 0.4) is 0 Å². The second-order valence-corrected chi connectivity index (χ2v) is 9.14. The number of carbonyl (C=O) groups is 1. The Kier molecular flexibility index (Phi) is 8.32. The number of rotatable bonds is 8. The Labute approximate surface area is 188 Å². The van der Waals surface area contributed by atoms with Crippen molar-refractivity contribution in [1.82, 2.24) is 0 Å². The fourth-order valence-corrected chi connectivity index (χ4v) is 5.15. The van der Waals surface area contributed by atoms with Crippen LogP contribution in [-0.4, -0.2) is 19.2 Å². The van der Waals surface area contributed by atoms with E-state index in [4.69, 9.17) is 9.47 Å². The second-order valence-electron chi connectivity index (χ2n) is 8.35. The molecule has 1 atom stereocenters. The van der Waals surface area contributed by atoms with Crippen LogP contribution < -0.4 is 4.74 Å². The number of fused-ring (bicyclic) bond motifs is 1.